The summed E-state index contributed by atoms with van der Waals surface area (Å²) in [5, 5.41) is 0. The monoisotopic (exact) mass is 588 g/mol. The predicted molar refractivity (Wildman–Crippen MR) is 157 cm³/mol. The molecule has 234 valence electrons. The Kier molecular flexibility index (Phi) is 15.3. The molecule has 3 heterocycles. The molecule has 1 aromatic carbocycles. The third-order valence-electron chi connectivity index (χ3n) is 8.29. The van der Waals surface area contributed by atoms with E-state index in [1.165, 1.54) is 71.9 Å². The SMILES string of the molecule is CCCCn1cc[n+](Cc2c(C)c(C[n+]3ccn(CCCC)c3)c(C)c(C[n+]3ccn(CCCC)c3)c2C)c1.[F-].[F-].[F-]. The molecule has 6 nitrogen and oxygen atoms in total. The Balaban J connectivity index is 0.00000294. The molecule has 0 aliphatic heterocycles. The van der Waals surface area contributed by atoms with Gasteiger partial charge in [0, 0.05) is 16.7 Å². The normalized spacial score (nSPS) is 10.7. The van der Waals surface area contributed by atoms with Crippen LogP contribution < -0.4 is 27.8 Å². The molecule has 0 fully saturated rings. The summed E-state index contributed by atoms with van der Waals surface area (Å²) in [6.45, 7) is 19.8. The lowest BCUT2D eigenvalue weighted by Gasteiger charge is -2.20. The van der Waals surface area contributed by atoms with Crippen molar-refractivity contribution < 1.29 is 27.8 Å². The van der Waals surface area contributed by atoms with Crippen molar-refractivity contribution in [3.8, 4) is 0 Å². The number of aromatic nitrogens is 6. The molecule has 0 atom stereocenters. The van der Waals surface area contributed by atoms with Gasteiger partial charge in [0.2, 0.25) is 19.0 Å². The summed E-state index contributed by atoms with van der Waals surface area (Å²) in [5.74, 6) is 0. The van der Waals surface area contributed by atoms with Gasteiger partial charge in [-0.2, -0.15) is 0 Å². The summed E-state index contributed by atoms with van der Waals surface area (Å²) in [5.41, 5.74) is 8.67. The summed E-state index contributed by atoms with van der Waals surface area (Å²) in [6, 6.07) is 0. The number of hydrogen-bond acceptors (Lipinski definition) is 0. The number of aryl methyl sites for hydroxylation is 3. The van der Waals surface area contributed by atoms with Crippen LogP contribution in [0.5, 0.6) is 0 Å². The van der Waals surface area contributed by atoms with Crippen molar-refractivity contribution in [2.45, 2.75) is 119 Å². The molecule has 4 rings (SSSR count). The Hall–Kier alpha value is -3.36. The average Bonchev–Trinajstić information content (AvgIpc) is 3.69. The summed E-state index contributed by atoms with van der Waals surface area (Å²) in [7, 11) is 0. The fourth-order valence-electron chi connectivity index (χ4n) is 5.67. The molecule has 0 spiro atoms. The van der Waals surface area contributed by atoms with Gasteiger partial charge in [0.25, 0.3) is 0 Å². The van der Waals surface area contributed by atoms with Crippen molar-refractivity contribution in [2.24, 2.45) is 0 Å². The second-order valence-corrected chi connectivity index (χ2v) is 11.3. The molecule has 0 saturated heterocycles. The minimum atomic E-state index is 0. The molecular formula is C33H51F3N6. The van der Waals surface area contributed by atoms with E-state index in [2.05, 4.69) is 125 Å². The van der Waals surface area contributed by atoms with E-state index in [1.807, 2.05) is 0 Å². The zero-order valence-electron chi connectivity index (χ0n) is 26.5. The molecule has 9 heteroatoms. The standard InChI is InChI=1S/C33H51N6.3FH/c1-7-10-13-34-16-19-37(25-34)22-31-28(4)32(23-38-20-17-35(26-38)14-11-8-2)30(6)33(29(31)5)24-39-21-18-36(27-39)15-12-9-3;;;/h16-21,25-27H,7-15,22-24H2,1-6H3;3*1H/q+3;;;/p-3. The van der Waals surface area contributed by atoms with Gasteiger partial charge >= 0.3 is 0 Å². The van der Waals surface area contributed by atoms with Crippen LogP contribution in [0.25, 0.3) is 0 Å². The second-order valence-electron chi connectivity index (χ2n) is 11.3. The van der Waals surface area contributed by atoms with Gasteiger partial charge < -0.3 is 14.1 Å². The summed E-state index contributed by atoms with van der Waals surface area (Å²) >= 11 is 0. The average molecular weight is 589 g/mol. The highest BCUT2D eigenvalue weighted by molar-refractivity contribution is 5.49. The van der Waals surface area contributed by atoms with Crippen LogP contribution in [0.1, 0.15) is 92.7 Å². The lowest BCUT2D eigenvalue weighted by atomic mass is 9.87. The van der Waals surface area contributed by atoms with Gasteiger partial charge in [0.1, 0.15) is 56.8 Å². The summed E-state index contributed by atoms with van der Waals surface area (Å²) in [4.78, 5) is 0. The highest BCUT2D eigenvalue weighted by Gasteiger charge is 2.22. The Morgan fingerprint density at radius 1 is 0.476 bits per heavy atom. The molecule has 4 aromatic rings. The van der Waals surface area contributed by atoms with Crippen molar-refractivity contribution >= 4 is 0 Å². The van der Waals surface area contributed by atoms with E-state index in [0.717, 1.165) is 39.3 Å². The van der Waals surface area contributed by atoms with Crippen molar-refractivity contribution in [1.29, 1.82) is 0 Å². The minimum Gasteiger partial charge on any atom is -1.00 e. The van der Waals surface area contributed by atoms with Gasteiger partial charge in [-0.3, -0.25) is 0 Å². The molecule has 0 aliphatic rings. The van der Waals surface area contributed by atoms with Gasteiger partial charge in [-0.25, -0.2) is 27.4 Å². The summed E-state index contributed by atoms with van der Waals surface area (Å²) in [6.07, 6.45) is 27.5. The molecule has 0 saturated carbocycles. The van der Waals surface area contributed by atoms with Crippen LogP contribution in [0.4, 0.5) is 0 Å². The summed E-state index contributed by atoms with van der Waals surface area (Å²) < 4.78 is 14.1. The van der Waals surface area contributed by atoms with Gasteiger partial charge in [0.15, 0.2) is 0 Å². The first-order valence-corrected chi connectivity index (χ1v) is 15.2. The van der Waals surface area contributed by atoms with E-state index in [1.54, 1.807) is 0 Å². The van der Waals surface area contributed by atoms with Crippen molar-refractivity contribution in [1.82, 2.24) is 13.7 Å². The maximum Gasteiger partial charge on any atom is 0.244 e. The fourth-order valence-corrected chi connectivity index (χ4v) is 5.67. The van der Waals surface area contributed by atoms with Gasteiger partial charge in [-0.15, -0.1) is 0 Å². The predicted octanol–water partition coefficient (Wildman–Crippen LogP) is -3.56. The van der Waals surface area contributed by atoms with Crippen LogP contribution in [0.15, 0.2) is 56.2 Å². The van der Waals surface area contributed by atoms with Crippen molar-refractivity contribution in [3.63, 3.8) is 0 Å². The third kappa shape index (κ3) is 9.07. The van der Waals surface area contributed by atoms with Crippen molar-refractivity contribution in [3.05, 3.63) is 89.5 Å². The highest BCUT2D eigenvalue weighted by Crippen LogP contribution is 2.27. The lowest BCUT2D eigenvalue weighted by molar-refractivity contribution is -0.690. The van der Waals surface area contributed by atoms with Crippen molar-refractivity contribution in [2.75, 3.05) is 0 Å². The third-order valence-corrected chi connectivity index (χ3v) is 8.29. The molecule has 0 amide bonds. The van der Waals surface area contributed by atoms with Crippen LogP contribution >= 0.6 is 0 Å². The molecule has 42 heavy (non-hydrogen) atoms. The number of imidazole rings is 3. The molecule has 0 bridgehead atoms. The van der Waals surface area contributed by atoms with Crippen LogP contribution in [0.2, 0.25) is 0 Å². The number of nitrogens with zero attached hydrogens (tertiary/aromatic N) is 6. The fraction of sp³-hybridized carbons (Fsp3) is 0.545. The molecule has 3 aromatic heterocycles. The van der Waals surface area contributed by atoms with E-state index in [0.29, 0.717) is 0 Å². The van der Waals surface area contributed by atoms with E-state index in [-0.39, 0.29) is 14.1 Å². The minimum absolute atomic E-state index is 0. The number of halogens is 3. The number of hydrogen-bond donors (Lipinski definition) is 0. The first kappa shape index (κ1) is 36.7. The largest absolute Gasteiger partial charge is 1.00 e. The Morgan fingerprint density at radius 2 is 0.738 bits per heavy atom. The smallest absolute Gasteiger partial charge is 0.244 e. The maximum atomic E-state index is 2.36. The van der Waals surface area contributed by atoms with Gasteiger partial charge in [0.05, 0.1) is 19.6 Å². The number of unbranched alkanes of at least 4 members (excludes halogenated alkanes) is 3. The molecule has 0 N–H and O–H groups in total. The number of rotatable bonds is 15. The zero-order valence-corrected chi connectivity index (χ0v) is 26.5. The Labute approximate surface area is 250 Å². The first-order valence-electron chi connectivity index (χ1n) is 15.2. The highest BCUT2D eigenvalue weighted by atomic mass is 19.0. The molecular weight excluding hydrogens is 537 g/mol. The van der Waals surface area contributed by atoms with E-state index >= 15 is 0 Å². The van der Waals surface area contributed by atoms with Crippen LogP contribution in [-0.4, -0.2) is 13.7 Å². The molecule has 0 radical (unpaired) electrons. The van der Waals surface area contributed by atoms with Crippen LogP contribution in [-0.2, 0) is 39.3 Å². The number of benzene rings is 1. The molecule has 0 aliphatic carbocycles. The second kappa shape index (κ2) is 17.6. The van der Waals surface area contributed by atoms with Gasteiger partial charge in [-0.05, 0) is 56.7 Å². The van der Waals surface area contributed by atoms with Gasteiger partial charge in [-0.1, -0.05) is 40.0 Å². The molecule has 0 unspecified atom stereocenters. The van der Waals surface area contributed by atoms with E-state index in [4.69, 9.17) is 0 Å². The maximum absolute atomic E-state index is 2.36. The topological polar surface area (TPSA) is 26.4 Å². The van der Waals surface area contributed by atoms with Crippen LogP contribution in [0, 0.1) is 20.8 Å². The quantitative estimate of drug-likeness (QED) is 0.129. The lowest BCUT2D eigenvalue weighted by Crippen LogP contribution is -3.00. The van der Waals surface area contributed by atoms with E-state index in [9.17, 15) is 0 Å². The Bertz CT molecular complexity index is 1170. The van der Waals surface area contributed by atoms with E-state index < -0.39 is 0 Å². The zero-order chi connectivity index (χ0) is 27.8. The Morgan fingerprint density at radius 3 is 0.976 bits per heavy atom. The van der Waals surface area contributed by atoms with Crippen LogP contribution in [0.3, 0.4) is 0 Å². The first-order chi connectivity index (χ1) is 18.9.